The van der Waals surface area contributed by atoms with Gasteiger partial charge in [0.1, 0.15) is 29.3 Å². The zero-order chi connectivity index (χ0) is 28.5. The molecule has 2 aromatic heterocycles. The minimum atomic E-state index is -2.78. The maximum atomic E-state index is 15.0. The van der Waals surface area contributed by atoms with Crippen molar-refractivity contribution < 1.29 is 26.8 Å². The number of carbonyl (C=O) groups excluding carboxylic acids is 1. The van der Waals surface area contributed by atoms with E-state index in [1.807, 2.05) is 0 Å². The van der Waals surface area contributed by atoms with Gasteiger partial charge in [-0.3, -0.25) is 9.69 Å². The fraction of sp³-hybridized carbons (Fsp3) is 0.345. The summed E-state index contributed by atoms with van der Waals surface area (Å²) in [6, 6.07) is 10.6. The Bertz CT molecular complexity index is 1610. The Balaban J connectivity index is 1.13. The third-order valence-electron chi connectivity index (χ3n) is 8.44. The van der Waals surface area contributed by atoms with Crippen LogP contribution in [0.15, 0.2) is 59.5 Å². The van der Waals surface area contributed by atoms with Crippen molar-refractivity contribution in [3.63, 3.8) is 0 Å². The highest BCUT2D eigenvalue weighted by atomic mass is 19.3. The lowest BCUT2D eigenvalue weighted by Crippen LogP contribution is -2.67. The normalized spacial score (nSPS) is 21.8. The van der Waals surface area contributed by atoms with Crippen LogP contribution in [0.1, 0.15) is 35.8 Å². The van der Waals surface area contributed by atoms with Crippen LogP contribution < -0.4 is 10.2 Å². The molecule has 1 N–H and O–H groups in total. The molecule has 1 saturated carbocycles. The quantitative estimate of drug-likeness (QED) is 0.306. The lowest BCUT2D eigenvalue weighted by atomic mass is 9.87. The Labute approximate surface area is 232 Å². The van der Waals surface area contributed by atoms with Crippen molar-refractivity contribution in [2.45, 2.75) is 43.3 Å². The highest BCUT2D eigenvalue weighted by Gasteiger charge is 2.47. The topological polar surface area (TPSA) is 79.4 Å². The van der Waals surface area contributed by atoms with E-state index in [4.69, 9.17) is 4.42 Å². The van der Waals surface area contributed by atoms with E-state index in [1.165, 1.54) is 42.7 Å². The molecule has 2 atom stereocenters. The van der Waals surface area contributed by atoms with Gasteiger partial charge in [0, 0.05) is 55.3 Å². The van der Waals surface area contributed by atoms with Crippen molar-refractivity contribution in [2.75, 3.05) is 30.4 Å². The average Bonchev–Trinajstić information content (AvgIpc) is 3.60. The summed E-state index contributed by atoms with van der Waals surface area (Å²) in [4.78, 5) is 26.2. The molecule has 2 aromatic carbocycles. The van der Waals surface area contributed by atoms with Crippen LogP contribution in [0.5, 0.6) is 0 Å². The average molecular weight is 567 g/mol. The number of piperidine rings is 1. The number of hydrogen-bond donors (Lipinski definition) is 1. The van der Waals surface area contributed by atoms with Gasteiger partial charge in [-0.05, 0) is 55.9 Å². The highest BCUT2D eigenvalue weighted by molar-refractivity contribution is 6.03. The molecule has 1 aliphatic carbocycles. The smallest absolute Gasteiger partial charge is 0.277 e. The second kappa shape index (κ2) is 9.44. The van der Waals surface area contributed by atoms with E-state index in [1.54, 1.807) is 10.6 Å². The number of carbonyl (C=O) groups is 1. The van der Waals surface area contributed by atoms with Crippen LogP contribution in [0.3, 0.4) is 0 Å². The number of alkyl halides is 2. The Morgan fingerprint density at radius 3 is 2.44 bits per heavy atom. The van der Waals surface area contributed by atoms with Crippen LogP contribution in [0.2, 0.25) is 0 Å². The van der Waals surface area contributed by atoms with Crippen molar-refractivity contribution in [1.29, 1.82) is 0 Å². The summed E-state index contributed by atoms with van der Waals surface area (Å²) in [6.07, 6.45) is 2.94. The molecule has 2 bridgehead atoms. The molecule has 0 radical (unpaired) electrons. The molecule has 3 saturated heterocycles. The van der Waals surface area contributed by atoms with Crippen LogP contribution in [0, 0.1) is 11.6 Å². The number of rotatable bonds is 6. The predicted octanol–water partition coefficient (Wildman–Crippen LogP) is 5.60. The van der Waals surface area contributed by atoms with Crippen LogP contribution in [-0.4, -0.2) is 63.5 Å². The number of benzene rings is 2. The van der Waals surface area contributed by atoms with Crippen LogP contribution >= 0.6 is 0 Å². The number of oxazole rings is 1. The van der Waals surface area contributed by atoms with Crippen LogP contribution in [0.25, 0.3) is 22.8 Å². The molecule has 0 spiro atoms. The number of piperazine rings is 1. The fourth-order valence-corrected chi connectivity index (χ4v) is 5.98. The number of nitrogens with one attached hydrogen (secondary N) is 1. The second-order valence-electron chi connectivity index (χ2n) is 11.0. The van der Waals surface area contributed by atoms with Crippen LogP contribution in [0.4, 0.5) is 28.9 Å². The van der Waals surface area contributed by atoms with Crippen LogP contribution in [-0.2, 0) is 0 Å². The van der Waals surface area contributed by atoms with Gasteiger partial charge in [0.25, 0.3) is 11.8 Å². The largest absolute Gasteiger partial charge is 0.442 e. The number of amides is 1. The number of imidazole rings is 1. The lowest BCUT2D eigenvalue weighted by molar-refractivity contribution is -0.103. The molecule has 8 rings (SSSR count). The first-order valence-corrected chi connectivity index (χ1v) is 13.4. The molecule has 4 aromatic rings. The van der Waals surface area contributed by atoms with Gasteiger partial charge >= 0.3 is 0 Å². The van der Waals surface area contributed by atoms with E-state index in [2.05, 4.69) is 32.1 Å². The summed E-state index contributed by atoms with van der Waals surface area (Å²) >= 11 is 0. The maximum absolute atomic E-state index is 15.0. The van der Waals surface area contributed by atoms with Crippen molar-refractivity contribution in [1.82, 2.24) is 19.4 Å². The van der Waals surface area contributed by atoms with Gasteiger partial charge in [-0.25, -0.2) is 27.5 Å². The van der Waals surface area contributed by atoms with Gasteiger partial charge in [-0.1, -0.05) is 0 Å². The highest BCUT2D eigenvalue weighted by Crippen LogP contribution is 2.48. The molecule has 8 nitrogen and oxygen atoms in total. The Morgan fingerprint density at radius 1 is 1.05 bits per heavy atom. The fourth-order valence-electron chi connectivity index (χ4n) is 5.98. The standard InChI is InChI=1S/C29H26F4N6O2/c1-37-19-8-20(37)13-38(12-19)18-6-7-23(22(31)9-18)35-27(40)24-14-41-28(36-24)26-25(16-2-4-17(30)5-3-16)34-15-39(26)21-10-29(32,33)11-21/h2-7,9,14-15,19-21H,8,10-13H2,1H3,(H,35,40). The third-order valence-corrected chi connectivity index (χ3v) is 8.44. The van der Waals surface area contributed by atoms with E-state index < -0.39 is 29.5 Å². The van der Waals surface area contributed by atoms with Crippen molar-refractivity contribution in [3.8, 4) is 22.8 Å². The minimum Gasteiger partial charge on any atom is -0.442 e. The number of halogens is 4. The summed E-state index contributed by atoms with van der Waals surface area (Å²) in [5.74, 6) is -4.52. The zero-order valence-electron chi connectivity index (χ0n) is 22.0. The summed E-state index contributed by atoms with van der Waals surface area (Å²) in [5, 5.41) is 2.54. The number of fused-ring (bicyclic) bond motifs is 2. The molecule has 3 aliphatic heterocycles. The molecule has 2 unspecified atom stereocenters. The number of aromatic nitrogens is 3. The van der Waals surface area contributed by atoms with E-state index >= 15 is 4.39 Å². The summed E-state index contributed by atoms with van der Waals surface area (Å²) in [5.41, 5.74) is 1.79. The van der Waals surface area contributed by atoms with E-state index in [0.29, 0.717) is 23.3 Å². The Hall–Kier alpha value is -4.19. The number of likely N-dealkylation sites (N-methyl/N-ethyl adjacent to an activating group) is 1. The van der Waals surface area contributed by atoms with E-state index in [9.17, 15) is 18.0 Å². The first kappa shape index (κ1) is 25.8. The van der Waals surface area contributed by atoms with Gasteiger partial charge < -0.3 is 19.2 Å². The van der Waals surface area contributed by atoms with Crippen molar-refractivity contribution in [3.05, 3.63) is 72.4 Å². The Kier molecular flexibility index (Phi) is 5.93. The summed E-state index contributed by atoms with van der Waals surface area (Å²) in [7, 11) is 2.11. The number of hydrogen-bond acceptors (Lipinski definition) is 6. The first-order chi connectivity index (χ1) is 19.6. The van der Waals surface area contributed by atoms with Gasteiger partial charge in [0.05, 0.1) is 12.0 Å². The number of nitrogens with zero attached hydrogens (tertiary/aromatic N) is 5. The SMILES string of the molecule is CN1C2CC1CN(c1ccc(NC(=O)c3coc(-c4c(-c5ccc(F)cc5)ncn4C4CC(F)(F)C4)n3)c(F)c1)C2. The molecule has 4 aliphatic rings. The molecular formula is C29H26F4N6O2. The Morgan fingerprint density at radius 2 is 1.78 bits per heavy atom. The number of anilines is 2. The molecule has 1 amide bonds. The molecule has 212 valence electrons. The molecule has 5 heterocycles. The summed E-state index contributed by atoms with van der Waals surface area (Å²) in [6.45, 7) is 1.66. The van der Waals surface area contributed by atoms with Gasteiger partial charge in [0.15, 0.2) is 5.69 Å². The lowest BCUT2D eigenvalue weighted by Gasteiger charge is -2.55. The van der Waals surface area contributed by atoms with Gasteiger partial charge in [-0.2, -0.15) is 0 Å². The first-order valence-electron chi connectivity index (χ1n) is 13.4. The maximum Gasteiger partial charge on any atom is 0.277 e. The third kappa shape index (κ3) is 4.55. The van der Waals surface area contributed by atoms with Crippen molar-refractivity contribution >= 4 is 17.3 Å². The molecular weight excluding hydrogens is 540 g/mol. The zero-order valence-corrected chi connectivity index (χ0v) is 22.0. The van der Waals surface area contributed by atoms with Crippen molar-refractivity contribution in [2.24, 2.45) is 0 Å². The monoisotopic (exact) mass is 566 g/mol. The van der Waals surface area contributed by atoms with E-state index in [0.717, 1.165) is 31.5 Å². The molecule has 4 fully saturated rings. The summed E-state index contributed by atoms with van der Waals surface area (Å²) < 4.78 is 63.1. The van der Waals surface area contributed by atoms with Gasteiger partial charge in [0.2, 0.25) is 5.89 Å². The predicted molar refractivity (Wildman–Crippen MR) is 143 cm³/mol. The minimum absolute atomic E-state index is 0.00340. The second-order valence-corrected chi connectivity index (χ2v) is 11.0. The van der Waals surface area contributed by atoms with Gasteiger partial charge in [-0.15, -0.1) is 0 Å². The van der Waals surface area contributed by atoms with E-state index in [-0.39, 0.29) is 35.8 Å². The molecule has 41 heavy (non-hydrogen) atoms. The molecule has 12 heteroatoms.